The number of hydrogen-bond acceptors (Lipinski definition) is 3. The van der Waals surface area contributed by atoms with Crippen LogP contribution in [0.4, 0.5) is 14.5 Å². The van der Waals surface area contributed by atoms with E-state index in [4.69, 9.17) is 0 Å². The first-order valence-electron chi connectivity index (χ1n) is 10.4. The molecule has 1 amide bonds. The number of nitrogens with zero attached hydrogens (tertiary/aromatic N) is 3. The van der Waals surface area contributed by atoms with Crippen molar-refractivity contribution >= 4 is 17.6 Å². The Labute approximate surface area is 182 Å². The fourth-order valence-corrected chi connectivity index (χ4v) is 3.52. The Morgan fingerprint density at radius 1 is 1.16 bits per heavy atom. The van der Waals surface area contributed by atoms with Gasteiger partial charge in [0.1, 0.15) is 23.9 Å². The number of carbonyl (C=O) groups is 1. The van der Waals surface area contributed by atoms with E-state index in [-0.39, 0.29) is 30.2 Å². The predicted octanol–water partition coefficient (Wildman–Crippen LogP) is 2.93. The third-order valence-corrected chi connectivity index (χ3v) is 5.31. The first-order chi connectivity index (χ1) is 14.8. The van der Waals surface area contributed by atoms with Crippen molar-refractivity contribution in [2.24, 2.45) is 4.99 Å². The second-order valence-electron chi connectivity index (χ2n) is 7.88. The number of nitrogens with one attached hydrogen (secondary N) is 2. The Hall–Kier alpha value is -3.16. The quantitative estimate of drug-likeness (QED) is 0.548. The van der Waals surface area contributed by atoms with E-state index >= 15 is 0 Å². The monoisotopic (exact) mass is 429 g/mol. The van der Waals surface area contributed by atoms with E-state index in [1.807, 2.05) is 37.3 Å². The van der Waals surface area contributed by atoms with Crippen molar-refractivity contribution in [3.05, 3.63) is 65.7 Å². The fourth-order valence-electron chi connectivity index (χ4n) is 3.52. The lowest BCUT2D eigenvalue weighted by molar-refractivity contribution is -0.127. The molecule has 0 bridgehead atoms. The van der Waals surface area contributed by atoms with Gasteiger partial charge >= 0.3 is 0 Å². The zero-order chi connectivity index (χ0) is 22.4. The summed E-state index contributed by atoms with van der Waals surface area (Å²) in [7, 11) is 3.37. The molecule has 1 aliphatic heterocycles. The number of anilines is 1. The molecule has 0 aliphatic carbocycles. The molecule has 166 valence electrons. The summed E-state index contributed by atoms with van der Waals surface area (Å²) < 4.78 is 28.3. The number of likely N-dealkylation sites (N-methyl/N-ethyl adjacent to an activating group) is 1. The van der Waals surface area contributed by atoms with Gasteiger partial charge in [0.25, 0.3) is 0 Å². The van der Waals surface area contributed by atoms with Crippen molar-refractivity contribution in [3.63, 3.8) is 0 Å². The van der Waals surface area contributed by atoms with Crippen LogP contribution in [0.5, 0.6) is 0 Å². The molecule has 6 nitrogen and oxygen atoms in total. The summed E-state index contributed by atoms with van der Waals surface area (Å²) >= 11 is 0. The molecular weight excluding hydrogens is 400 g/mol. The van der Waals surface area contributed by atoms with Crippen molar-refractivity contribution in [1.82, 2.24) is 15.5 Å². The van der Waals surface area contributed by atoms with Gasteiger partial charge in [0, 0.05) is 33.2 Å². The van der Waals surface area contributed by atoms with E-state index in [0.29, 0.717) is 25.5 Å². The van der Waals surface area contributed by atoms with Crippen LogP contribution in [0.15, 0.2) is 53.5 Å². The maximum Gasteiger partial charge on any atom is 0.243 e. The number of para-hydroxylation sites is 1. The molecule has 0 saturated carbocycles. The minimum Gasteiger partial charge on any atom is -0.365 e. The first-order valence-corrected chi connectivity index (χ1v) is 10.4. The van der Waals surface area contributed by atoms with Gasteiger partial charge in [-0.15, -0.1) is 0 Å². The topological polar surface area (TPSA) is 60.0 Å². The van der Waals surface area contributed by atoms with Crippen LogP contribution >= 0.6 is 0 Å². The Morgan fingerprint density at radius 3 is 2.48 bits per heavy atom. The van der Waals surface area contributed by atoms with Gasteiger partial charge in [-0.05, 0) is 31.0 Å². The number of amides is 1. The van der Waals surface area contributed by atoms with Crippen LogP contribution in [0.2, 0.25) is 0 Å². The van der Waals surface area contributed by atoms with Gasteiger partial charge in [0.2, 0.25) is 5.91 Å². The molecule has 2 N–H and O–H groups in total. The van der Waals surface area contributed by atoms with E-state index < -0.39 is 11.6 Å². The Morgan fingerprint density at radius 2 is 1.84 bits per heavy atom. The standard InChI is InChI=1S/C23H29F2N5O/c1-16(17-8-5-4-6-9-17)27-23(26-14-21(31)29(2)3)28-18-12-13-30(15-18)22-19(24)10-7-11-20(22)25/h4-11,16,18H,12-15H2,1-3H3,(H2,26,27,28). The lowest BCUT2D eigenvalue weighted by Gasteiger charge is -2.23. The highest BCUT2D eigenvalue weighted by Gasteiger charge is 2.27. The van der Waals surface area contributed by atoms with E-state index in [9.17, 15) is 13.6 Å². The highest BCUT2D eigenvalue weighted by atomic mass is 19.1. The number of carbonyl (C=O) groups excluding carboxylic acids is 1. The SMILES string of the molecule is CC(NC(=NCC(=O)N(C)C)NC1CCN(c2c(F)cccc2F)C1)c1ccccc1. The average molecular weight is 430 g/mol. The number of aliphatic imine (C=N–C) groups is 1. The summed E-state index contributed by atoms with van der Waals surface area (Å²) in [6.45, 7) is 2.96. The molecule has 8 heteroatoms. The summed E-state index contributed by atoms with van der Waals surface area (Å²) in [6, 6.07) is 13.7. The Bertz CT molecular complexity index is 899. The van der Waals surface area contributed by atoms with Gasteiger partial charge in [-0.25, -0.2) is 13.8 Å². The lowest BCUT2D eigenvalue weighted by atomic mass is 10.1. The van der Waals surface area contributed by atoms with Crippen molar-refractivity contribution in [1.29, 1.82) is 0 Å². The third-order valence-electron chi connectivity index (χ3n) is 5.31. The van der Waals surface area contributed by atoms with Crippen molar-refractivity contribution in [2.75, 3.05) is 38.6 Å². The molecule has 31 heavy (non-hydrogen) atoms. The van der Waals surface area contributed by atoms with Crippen LogP contribution in [0.3, 0.4) is 0 Å². The number of hydrogen-bond donors (Lipinski definition) is 2. The Balaban J connectivity index is 1.71. The molecular formula is C23H29F2N5O. The highest BCUT2D eigenvalue weighted by molar-refractivity contribution is 5.85. The zero-order valence-electron chi connectivity index (χ0n) is 18.1. The summed E-state index contributed by atoms with van der Waals surface area (Å²) in [6.07, 6.45) is 0.690. The minimum absolute atomic E-state index is 0.00122. The van der Waals surface area contributed by atoms with E-state index in [1.165, 1.54) is 23.1 Å². The zero-order valence-corrected chi connectivity index (χ0v) is 18.1. The summed E-state index contributed by atoms with van der Waals surface area (Å²) in [4.78, 5) is 19.7. The van der Waals surface area contributed by atoms with E-state index in [0.717, 1.165) is 5.56 Å². The summed E-state index contributed by atoms with van der Waals surface area (Å²) in [5.41, 5.74) is 1.08. The lowest BCUT2D eigenvalue weighted by Crippen LogP contribution is -2.46. The third kappa shape index (κ3) is 5.93. The van der Waals surface area contributed by atoms with Crippen molar-refractivity contribution in [3.8, 4) is 0 Å². The molecule has 2 aromatic rings. The molecule has 2 atom stereocenters. The molecule has 3 rings (SSSR count). The van der Waals surface area contributed by atoms with Gasteiger partial charge in [0.15, 0.2) is 5.96 Å². The van der Waals surface area contributed by atoms with Crippen LogP contribution in [0.25, 0.3) is 0 Å². The molecule has 1 aliphatic rings. The van der Waals surface area contributed by atoms with Crippen LogP contribution in [-0.4, -0.2) is 56.5 Å². The molecule has 1 heterocycles. The Kier molecular flexibility index (Phi) is 7.44. The largest absolute Gasteiger partial charge is 0.365 e. The van der Waals surface area contributed by atoms with Gasteiger partial charge in [-0.3, -0.25) is 4.79 Å². The molecule has 0 spiro atoms. The smallest absolute Gasteiger partial charge is 0.243 e. The van der Waals surface area contributed by atoms with Crippen LogP contribution in [0, 0.1) is 11.6 Å². The molecule has 2 aromatic carbocycles. The number of halogens is 2. The second-order valence-corrected chi connectivity index (χ2v) is 7.88. The molecule has 0 aromatic heterocycles. The number of guanidine groups is 1. The van der Waals surface area contributed by atoms with Crippen LogP contribution in [0.1, 0.15) is 24.9 Å². The minimum atomic E-state index is -0.568. The van der Waals surface area contributed by atoms with E-state index in [1.54, 1.807) is 19.0 Å². The fraction of sp³-hybridized carbons (Fsp3) is 0.391. The van der Waals surface area contributed by atoms with Gasteiger partial charge in [-0.2, -0.15) is 0 Å². The normalized spacial score (nSPS) is 17.4. The summed E-state index contributed by atoms with van der Waals surface area (Å²) in [5.74, 6) is -0.758. The number of benzene rings is 2. The molecule has 0 radical (unpaired) electrons. The highest BCUT2D eigenvalue weighted by Crippen LogP contribution is 2.26. The van der Waals surface area contributed by atoms with Crippen molar-refractivity contribution < 1.29 is 13.6 Å². The molecule has 2 unspecified atom stereocenters. The van der Waals surface area contributed by atoms with Crippen LogP contribution in [-0.2, 0) is 4.79 Å². The van der Waals surface area contributed by atoms with Crippen LogP contribution < -0.4 is 15.5 Å². The van der Waals surface area contributed by atoms with Gasteiger partial charge in [-0.1, -0.05) is 36.4 Å². The number of rotatable bonds is 6. The summed E-state index contributed by atoms with van der Waals surface area (Å²) in [5, 5.41) is 6.66. The van der Waals surface area contributed by atoms with Gasteiger partial charge in [0.05, 0.1) is 6.04 Å². The first kappa shape index (κ1) is 22.5. The van der Waals surface area contributed by atoms with Gasteiger partial charge < -0.3 is 20.4 Å². The molecule has 1 saturated heterocycles. The molecule has 1 fully saturated rings. The second kappa shape index (κ2) is 10.2. The van der Waals surface area contributed by atoms with Crippen molar-refractivity contribution in [2.45, 2.75) is 25.4 Å². The van der Waals surface area contributed by atoms with E-state index in [2.05, 4.69) is 15.6 Å². The maximum absolute atomic E-state index is 14.2. The predicted molar refractivity (Wildman–Crippen MR) is 119 cm³/mol. The maximum atomic E-state index is 14.2. The average Bonchev–Trinajstić information content (AvgIpc) is 3.20.